The summed E-state index contributed by atoms with van der Waals surface area (Å²) in [5.41, 5.74) is 1.04. The maximum absolute atomic E-state index is 11.7. The number of carbonyl (C=O) groups excluding carboxylic acids is 1. The van der Waals surface area contributed by atoms with Gasteiger partial charge in [0, 0.05) is 18.2 Å². The molecular formula is C18H29NO2. The smallest absolute Gasteiger partial charge is 0.134 e. The molecule has 0 saturated carbocycles. The molecule has 1 N–H and O–H groups in total. The van der Waals surface area contributed by atoms with E-state index in [1.165, 1.54) is 25.7 Å². The van der Waals surface area contributed by atoms with Gasteiger partial charge in [-0.2, -0.15) is 0 Å². The summed E-state index contributed by atoms with van der Waals surface area (Å²) in [6, 6.07) is 7.82. The Labute approximate surface area is 129 Å². The molecule has 0 aromatic heterocycles. The second-order valence-electron chi connectivity index (χ2n) is 5.62. The van der Waals surface area contributed by atoms with Crippen LogP contribution in [0.3, 0.4) is 0 Å². The van der Waals surface area contributed by atoms with Crippen LogP contribution in [-0.2, 0) is 4.79 Å². The zero-order chi connectivity index (χ0) is 15.5. The van der Waals surface area contributed by atoms with Gasteiger partial charge in [0.15, 0.2) is 0 Å². The van der Waals surface area contributed by atoms with E-state index in [1.807, 2.05) is 24.3 Å². The molecule has 0 heterocycles. The molecular weight excluding hydrogens is 262 g/mol. The zero-order valence-electron chi connectivity index (χ0n) is 13.7. The number of anilines is 1. The van der Waals surface area contributed by atoms with Crippen molar-refractivity contribution in [2.75, 3.05) is 19.0 Å². The minimum absolute atomic E-state index is 0.119. The molecule has 0 aliphatic heterocycles. The van der Waals surface area contributed by atoms with Crippen LogP contribution in [0.15, 0.2) is 24.3 Å². The lowest BCUT2D eigenvalue weighted by molar-refractivity contribution is -0.120. The number of nitrogens with one attached hydrogen (secondary N) is 1. The van der Waals surface area contributed by atoms with Crippen molar-refractivity contribution in [3.05, 3.63) is 24.3 Å². The summed E-state index contributed by atoms with van der Waals surface area (Å²) >= 11 is 0. The molecule has 0 aliphatic carbocycles. The van der Waals surface area contributed by atoms with Gasteiger partial charge in [-0.05, 0) is 37.6 Å². The first-order valence-electron chi connectivity index (χ1n) is 8.05. The summed E-state index contributed by atoms with van der Waals surface area (Å²) in [6.07, 6.45) is 7.22. The number of Topliss-reactive ketones (excluding diaryl/α,β-unsaturated/α-hetero) is 1. The van der Waals surface area contributed by atoms with Crippen LogP contribution in [0.1, 0.15) is 52.4 Å². The molecule has 0 spiro atoms. The Kier molecular flexibility index (Phi) is 8.56. The molecule has 3 nitrogen and oxygen atoms in total. The largest absolute Gasteiger partial charge is 0.497 e. The van der Waals surface area contributed by atoms with E-state index in [1.54, 1.807) is 14.0 Å². The summed E-state index contributed by atoms with van der Waals surface area (Å²) in [7, 11) is 1.66. The van der Waals surface area contributed by atoms with E-state index in [0.717, 1.165) is 30.8 Å². The van der Waals surface area contributed by atoms with Gasteiger partial charge in [-0.1, -0.05) is 39.0 Å². The van der Waals surface area contributed by atoms with Crippen molar-refractivity contribution in [3.63, 3.8) is 0 Å². The summed E-state index contributed by atoms with van der Waals surface area (Å²) < 4.78 is 5.14. The van der Waals surface area contributed by atoms with Gasteiger partial charge in [0.2, 0.25) is 0 Å². The van der Waals surface area contributed by atoms with Gasteiger partial charge in [0.1, 0.15) is 11.5 Å². The third kappa shape index (κ3) is 7.16. The Bertz CT molecular complexity index is 400. The maximum Gasteiger partial charge on any atom is 0.134 e. The summed E-state index contributed by atoms with van der Waals surface area (Å²) in [6.45, 7) is 4.64. The Morgan fingerprint density at radius 2 is 1.81 bits per heavy atom. The van der Waals surface area contributed by atoms with Gasteiger partial charge < -0.3 is 10.1 Å². The lowest BCUT2D eigenvalue weighted by Crippen LogP contribution is -2.21. The number of hydrogen-bond donors (Lipinski definition) is 1. The normalized spacial score (nSPS) is 12.0. The summed E-state index contributed by atoms with van der Waals surface area (Å²) in [5, 5.41) is 3.35. The molecule has 0 radical (unpaired) electrons. The topological polar surface area (TPSA) is 38.3 Å². The van der Waals surface area contributed by atoms with E-state index in [-0.39, 0.29) is 11.7 Å². The Hall–Kier alpha value is -1.51. The summed E-state index contributed by atoms with van der Waals surface area (Å²) in [4.78, 5) is 11.7. The molecule has 1 rings (SSSR count). The third-order valence-electron chi connectivity index (χ3n) is 3.87. The lowest BCUT2D eigenvalue weighted by atomic mass is 9.97. The number of hydrogen-bond acceptors (Lipinski definition) is 3. The SMILES string of the molecule is CCCCCCC[C@@H](CNc1ccc(OC)cc1)C(C)=O. The van der Waals surface area contributed by atoms with Crippen LogP contribution in [0.5, 0.6) is 5.75 Å². The number of carbonyl (C=O) groups is 1. The van der Waals surface area contributed by atoms with E-state index in [9.17, 15) is 4.79 Å². The lowest BCUT2D eigenvalue weighted by Gasteiger charge is -2.15. The fourth-order valence-electron chi connectivity index (χ4n) is 2.39. The van der Waals surface area contributed by atoms with E-state index >= 15 is 0 Å². The predicted molar refractivity (Wildman–Crippen MR) is 89.0 cm³/mol. The highest BCUT2D eigenvalue weighted by atomic mass is 16.5. The first-order valence-corrected chi connectivity index (χ1v) is 8.05. The van der Waals surface area contributed by atoms with Crippen LogP contribution in [0.2, 0.25) is 0 Å². The first-order chi connectivity index (χ1) is 10.2. The van der Waals surface area contributed by atoms with Crippen molar-refractivity contribution in [3.8, 4) is 5.75 Å². The maximum atomic E-state index is 11.7. The molecule has 0 fully saturated rings. The number of ketones is 1. The van der Waals surface area contributed by atoms with Crippen LogP contribution in [-0.4, -0.2) is 19.4 Å². The van der Waals surface area contributed by atoms with Gasteiger partial charge in [0.25, 0.3) is 0 Å². The van der Waals surface area contributed by atoms with E-state index < -0.39 is 0 Å². The van der Waals surface area contributed by atoms with Crippen LogP contribution >= 0.6 is 0 Å². The molecule has 1 atom stereocenters. The molecule has 0 bridgehead atoms. The van der Waals surface area contributed by atoms with Gasteiger partial charge in [-0.15, -0.1) is 0 Å². The summed E-state index contributed by atoms with van der Waals surface area (Å²) in [5.74, 6) is 1.25. The van der Waals surface area contributed by atoms with Gasteiger partial charge in [-0.3, -0.25) is 4.79 Å². The number of unbranched alkanes of at least 4 members (excludes halogenated alkanes) is 4. The molecule has 0 amide bonds. The van der Waals surface area contributed by atoms with Gasteiger partial charge >= 0.3 is 0 Å². The van der Waals surface area contributed by atoms with Crippen molar-refractivity contribution >= 4 is 11.5 Å². The Balaban J connectivity index is 2.34. The molecule has 3 heteroatoms. The zero-order valence-corrected chi connectivity index (χ0v) is 13.7. The second-order valence-corrected chi connectivity index (χ2v) is 5.62. The van der Waals surface area contributed by atoms with Crippen molar-refractivity contribution in [2.45, 2.75) is 52.4 Å². The van der Waals surface area contributed by atoms with Gasteiger partial charge in [0.05, 0.1) is 7.11 Å². The molecule has 21 heavy (non-hydrogen) atoms. The minimum atomic E-state index is 0.119. The number of methoxy groups -OCH3 is 1. The minimum Gasteiger partial charge on any atom is -0.497 e. The molecule has 0 aliphatic rings. The standard InChI is InChI=1S/C18H29NO2/c1-4-5-6-7-8-9-16(15(2)20)14-19-17-10-12-18(21-3)13-11-17/h10-13,16,19H,4-9,14H2,1-3H3/t16-/m0/s1. The quantitative estimate of drug-likeness (QED) is 0.602. The first kappa shape index (κ1) is 17.5. The van der Waals surface area contributed by atoms with Crippen molar-refractivity contribution in [1.82, 2.24) is 0 Å². The van der Waals surface area contributed by atoms with Gasteiger partial charge in [-0.25, -0.2) is 0 Å². The van der Waals surface area contributed by atoms with E-state index in [0.29, 0.717) is 0 Å². The molecule has 1 aromatic carbocycles. The molecule has 1 aromatic rings. The van der Waals surface area contributed by atoms with E-state index in [2.05, 4.69) is 12.2 Å². The third-order valence-corrected chi connectivity index (χ3v) is 3.87. The number of benzene rings is 1. The second kappa shape index (κ2) is 10.3. The fourth-order valence-corrected chi connectivity index (χ4v) is 2.39. The highest BCUT2D eigenvalue weighted by Crippen LogP contribution is 2.17. The van der Waals surface area contributed by atoms with Crippen LogP contribution in [0, 0.1) is 5.92 Å². The van der Waals surface area contributed by atoms with Crippen LogP contribution in [0.4, 0.5) is 5.69 Å². The Morgan fingerprint density at radius 3 is 2.38 bits per heavy atom. The average Bonchev–Trinajstić information content (AvgIpc) is 2.50. The van der Waals surface area contributed by atoms with Crippen molar-refractivity contribution in [2.24, 2.45) is 5.92 Å². The highest BCUT2D eigenvalue weighted by Gasteiger charge is 2.13. The fraction of sp³-hybridized carbons (Fsp3) is 0.611. The number of rotatable bonds is 11. The van der Waals surface area contributed by atoms with Crippen LogP contribution < -0.4 is 10.1 Å². The Morgan fingerprint density at radius 1 is 1.14 bits per heavy atom. The molecule has 118 valence electrons. The van der Waals surface area contributed by atoms with Crippen molar-refractivity contribution < 1.29 is 9.53 Å². The molecule has 0 unspecified atom stereocenters. The van der Waals surface area contributed by atoms with Crippen molar-refractivity contribution in [1.29, 1.82) is 0 Å². The highest BCUT2D eigenvalue weighted by molar-refractivity contribution is 5.78. The average molecular weight is 291 g/mol. The monoisotopic (exact) mass is 291 g/mol. The predicted octanol–water partition coefficient (Wildman–Crippen LogP) is 4.67. The van der Waals surface area contributed by atoms with Crippen LogP contribution in [0.25, 0.3) is 0 Å². The van der Waals surface area contributed by atoms with E-state index in [4.69, 9.17) is 4.74 Å². The molecule has 0 saturated heterocycles. The number of ether oxygens (including phenoxy) is 1.